The van der Waals surface area contributed by atoms with E-state index < -0.39 is 0 Å². The zero-order valence-electron chi connectivity index (χ0n) is 14.1. The van der Waals surface area contributed by atoms with Crippen LogP contribution in [0, 0.1) is 0 Å². The number of nitrogen functional groups attached to an aromatic ring is 1. The summed E-state index contributed by atoms with van der Waals surface area (Å²) in [6.45, 7) is 6.36. The molecule has 2 N–H and O–H groups in total. The molecule has 4 nitrogen and oxygen atoms in total. The van der Waals surface area contributed by atoms with Gasteiger partial charge in [0.15, 0.2) is 11.8 Å². The Bertz CT molecular complexity index is 902. The van der Waals surface area contributed by atoms with Crippen molar-refractivity contribution in [1.29, 1.82) is 0 Å². The van der Waals surface area contributed by atoms with Crippen molar-refractivity contribution in [2.75, 3.05) is 18.8 Å². The third kappa shape index (κ3) is 2.30. The van der Waals surface area contributed by atoms with Gasteiger partial charge < -0.3 is 10.5 Å². The molecule has 24 heavy (non-hydrogen) atoms. The van der Waals surface area contributed by atoms with Gasteiger partial charge in [-0.3, -0.25) is 0 Å². The number of allylic oxidation sites excluding steroid dienone is 1. The van der Waals surface area contributed by atoms with E-state index in [1.807, 2.05) is 24.3 Å². The van der Waals surface area contributed by atoms with Gasteiger partial charge in [-0.15, -0.1) is 0 Å². The van der Waals surface area contributed by atoms with Crippen molar-refractivity contribution in [2.45, 2.75) is 26.4 Å². The molecule has 1 unspecified atom stereocenters. The van der Waals surface area contributed by atoms with Gasteiger partial charge in [0.25, 0.3) is 0 Å². The summed E-state index contributed by atoms with van der Waals surface area (Å²) in [5, 5.41) is 2.07. The highest BCUT2D eigenvalue weighted by atomic mass is 16.5. The van der Waals surface area contributed by atoms with Gasteiger partial charge in [0.1, 0.15) is 24.5 Å². The molecule has 0 radical (unpaired) electrons. The molecule has 0 saturated heterocycles. The summed E-state index contributed by atoms with van der Waals surface area (Å²) in [4.78, 5) is 4.90. The molecule has 4 rings (SSSR count). The number of ether oxygens (including phenoxy) is 1. The van der Waals surface area contributed by atoms with Crippen LogP contribution < -0.4 is 10.5 Å². The van der Waals surface area contributed by atoms with E-state index in [1.165, 1.54) is 5.71 Å². The molecular weight excluding hydrogens is 298 g/mol. The van der Waals surface area contributed by atoms with Crippen LogP contribution in [0.1, 0.15) is 20.3 Å². The molecular formula is C20H22N3O+. The monoisotopic (exact) mass is 320 g/mol. The Labute approximate surface area is 142 Å². The Morgan fingerprint density at radius 2 is 1.92 bits per heavy atom. The van der Waals surface area contributed by atoms with Gasteiger partial charge >= 0.3 is 0 Å². The molecule has 2 aromatic carbocycles. The maximum absolute atomic E-state index is 6.28. The second kappa shape index (κ2) is 5.78. The summed E-state index contributed by atoms with van der Waals surface area (Å²) in [6, 6.07) is 10.00. The van der Waals surface area contributed by atoms with Crippen LogP contribution in [-0.2, 0) is 0 Å². The number of rotatable bonds is 2. The topological polar surface area (TPSA) is 50.6 Å². The highest BCUT2D eigenvalue weighted by Crippen LogP contribution is 2.43. The number of hydrogen-bond acceptors (Lipinski definition) is 3. The van der Waals surface area contributed by atoms with Crippen molar-refractivity contribution in [3.8, 4) is 5.75 Å². The third-order valence-corrected chi connectivity index (χ3v) is 4.86. The minimum Gasteiger partial charge on any atom is -0.481 e. The van der Waals surface area contributed by atoms with Crippen molar-refractivity contribution in [3.63, 3.8) is 0 Å². The number of fused-ring (bicyclic) bond motifs is 4. The normalized spacial score (nSPS) is 18.7. The minimum absolute atomic E-state index is 0.0290. The Balaban J connectivity index is 1.84. The number of hydrogen-bond donors (Lipinski definition) is 1. The first-order chi connectivity index (χ1) is 11.7. The smallest absolute Gasteiger partial charge is 0.180 e. The summed E-state index contributed by atoms with van der Waals surface area (Å²) in [7, 11) is 0. The first kappa shape index (κ1) is 14.9. The van der Waals surface area contributed by atoms with Gasteiger partial charge in [0, 0.05) is 28.6 Å². The second-order valence-corrected chi connectivity index (χ2v) is 6.20. The Kier molecular flexibility index (Phi) is 3.60. The number of nitrogens with zero attached hydrogens (tertiary/aromatic N) is 2. The molecule has 0 aromatic heterocycles. The highest BCUT2D eigenvalue weighted by molar-refractivity contribution is 6.14. The zero-order valence-corrected chi connectivity index (χ0v) is 14.1. The molecule has 1 atom stereocenters. The molecule has 4 heteroatoms. The van der Waals surface area contributed by atoms with E-state index in [4.69, 9.17) is 15.5 Å². The second-order valence-electron chi connectivity index (χ2n) is 6.20. The minimum atomic E-state index is -0.0290. The SMILES string of the molecule is CC[N+](CC)=C1C=CC2=Nc3c(cc(N)c4ccccc34)OC2C1. The molecule has 1 heterocycles. The summed E-state index contributed by atoms with van der Waals surface area (Å²) in [5.74, 6) is 0.786. The lowest BCUT2D eigenvalue weighted by Crippen LogP contribution is -2.36. The van der Waals surface area contributed by atoms with E-state index in [9.17, 15) is 0 Å². The summed E-state index contributed by atoms with van der Waals surface area (Å²) >= 11 is 0. The molecule has 1 aliphatic heterocycles. The summed E-state index contributed by atoms with van der Waals surface area (Å²) in [5.41, 5.74) is 10.1. The lowest BCUT2D eigenvalue weighted by molar-refractivity contribution is -0.521. The molecule has 2 aliphatic rings. The maximum Gasteiger partial charge on any atom is 0.180 e. The molecule has 0 bridgehead atoms. The van der Waals surface area contributed by atoms with Gasteiger partial charge in [0.05, 0.1) is 12.1 Å². The van der Waals surface area contributed by atoms with Crippen molar-refractivity contribution in [2.24, 2.45) is 4.99 Å². The number of anilines is 1. The lowest BCUT2D eigenvalue weighted by Gasteiger charge is -2.27. The number of nitrogens with two attached hydrogens (primary N) is 1. The van der Waals surface area contributed by atoms with Crippen molar-refractivity contribution in [1.82, 2.24) is 0 Å². The molecule has 0 amide bonds. The average Bonchev–Trinajstić information content (AvgIpc) is 2.62. The Morgan fingerprint density at radius 1 is 1.17 bits per heavy atom. The molecule has 122 valence electrons. The predicted octanol–water partition coefficient (Wildman–Crippen LogP) is 3.71. The molecule has 1 aliphatic carbocycles. The van der Waals surface area contributed by atoms with Gasteiger partial charge in [-0.1, -0.05) is 24.3 Å². The van der Waals surface area contributed by atoms with Gasteiger partial charge in [0.2, 0.25) is 0 Å². The lowest BCUT2D eigenvalue weighted by atomic mass is 9.97. The molecule has 0 spiro atoms. The van der Waals surface area contributed by atoms with E-state index in [-0.39, 0.29) is 6.10 Å². The third-order valence-electron chi connectivity index (χ3n) is 4.86. The van der Waals surface area contributed by atoms with Crippen LogP contribution in [0.3, 0.4) is 0 Å². The van der Waals surface area contributed by atoms with Crippen LogP contribution in [0.5, 0.6) is 5.75 Å². The molecule has 2 aromatic rings. The van der Waals surface area contributed by atoms with E-state index in [2.05, 4.69) is 36.6 Å². The maximum atomic E-state index is 6.28. The van der Waals surface area contributed by atoms with E-state index >= 15 is 0 Å². The predicted molar refractivity (Wildman–Crippen MR) is 100.0 cm³/mol. The number of benzene rings is 2. The summed E-state index contributed by atoms with van der Waals surface area (Å²) in [6.07, 6.45) is 5.09. The van der Waals surface area contributed by atoms with Crippen LogP contribution in [0.4, 0.5) is 11.4 Å². The van der Waals surface area contributed by atoms with Gasteiger partial charge in [-0.05, 0) is 19.9 Å². The molecule has 0 saturated carbocycles. The highest BCUT2D eigenvalue weighted by Gasteiger charge is 2.31. The van der Waals surface area contributed by atoms with Crippen molar-refractivity contribution < 1.29 is 9.31 Å². The standard InChI is InChI=1S/C20H21N3O/c1-3-23(4-2)13-9-10-17-18(11-13)24-19-12-16(21)14-7-5-6-8-15(14)20(19)22-17/h5-10,12,18,21H,3-4,11H2,1-2H3/p+1. The van der Waals surface area contributed by atoms with Crippen molar-refractivity contribution in [3.05, 3.63) is 42.5 Å². The fraction of sp³-hybridized carbons (Fsp3) is 0.300. The Morgan fingerprint density at radius 3 is 2.67 bits per heavy atom. The van der Waals surface area contributed by atoms with Crippen LogP contribution in [0.2, 0.25) is 0 Å². The van der Waals surface area contributed by atoms with Crippen LogP contribution in [-0.4, -0.2) is 35.2 Å². The van der Waals surface area contributed by atoms with E-state index in [0.29, 0.717) is 0 Å². The quantitative estimate of drug-likeness (QED) is 0.677. The summed E-state index contributed by atoms with van der Waals surface area (Å²) < 4.78 is 8.65. The van der Waals surface area contributed by atoms with E-state index in [1.54, 1.807) is 0 Å². The fourth-order valence-electron chi connectivity index (χ4n) is 3.58. The largest absolute Gasteiger partial charge is 0.481 e. The number of aliphatic imine (C=N–C) groups is 1. The first-order valence-electron chi connectivity index (χ1n) is 8.56. The first-order valence-corrected chi connectivity index (χ1v) is 8.56. The van der Waals surface area contributed by atoms with Gasteiger partial charge in [-0.2, -0.15) is 0 Å². The molecule has 0 fully saturated rings. The van der Waals surface area contributed by atoms with Gasteiger partial charge in [-0.25, -0.2) is 9.57 Å². The average molecular weight is 320 g/mol. The van der Waals surface area contributed by atoms with Crippen molar-refractivity contribution >= 4 is 33.6 Å². The van der Waals surface area contributed by atoms with Crippen LogP contribution in [0.15, 0.2) is 47.5 Å². The van der Waals surface area contributed by atoms with Crippen LogP contribution >= 0.6 is 0 Å². The van der Waals surface area contributed by atoms with Crippen LogP contribution in [0.25, 0.3) is 10.8 Å². The van der Waals surface area contributed by atoms with E-state index in [0.717, 1.165) is 53.1 Å². The zero-order chi connectivity index (χ0) is 16.7. The Hall–Kier alpha value is -2.62. The fourth-order valence-corrected chi connectivity index (χ4v) is 3.58.